The number of pyridine rings is 1. The first-order valence-corrected chi connectivity index (χ1v) is 11.0. The molecule has 5 nitrogen and oxygen atoms in total. The van der Waals surface area contributed by atoms with Crippen molar-refractivity contribution in [2.24, 2.45) is 7.05 Å². The molecule has 1 aromatic carbocycles. The molecule has 0 aliphatic carbocycles. The van der Waals surface area contributed by atoms with Crippen LogP contribution in [0.2, 0.25) is 0 Å². The maximum Gasteiger partial charge on any atom is 0.261 e. The molecule has 0 atom stereocenters. The first-order chi connectivity index (χ1) is 12.8. The Morgan fingerprint density at radius 3 is 2.30 bits per heavy atom. The summed E-state index contributed by atoms with van der Waals surface area (Å²) in [5, 5.41) is 3.00. The highest BCUT2D eigenvalue weighted by Gasteiger charge is 2.23. The molecular formula is C20H26BrN3O2S. The lowest BCUT2D eigenvalue weighted by Crippen LogP contribution is -2.29. The minimum Gasteiger partial charge on any atom is -0.399 e. The average Bonchev–Trinajstić information content (AvgIpc) is 2.65. The lowest BCUT2D eigenvalue weighted by Gasteiger charge is -2.19. The van der Waals surface area contributed by atoms with Gasteiger partial charge in [-0.1, -0.05) is 13.8 Å². The van der Waals surface area contributed by atoms with Gasteiger partial charge in [-0.3, -0.25) is 9.59 Å². The number of aromatic nitrogens is 1. The van der Waals surface area contributed by atoms with E-state index in [-0.39, 0.29) is 16.9 Å². The van der Waals surface area contributed by atoms with Crippen LogP contribution in [0.15, 0.2) is 21.4 Å². The molecule has 0 unspecified atom stereocenters. The molecule has 3 N–H and O–H groups in total. The van der Waals surface area contributed by atoms with Crippen molar-refractivity contribution >= 4 is 45.0 Å². The number of rotatable bonds is 6. The van der Waals surface area contributed by atoms with Crippen molar-refractivity contribution in [3.8, 4) is 0 Å². The molecule has 1 aromatic heterocycles. The second-order valence-electron chi connectivity index (χ2n) is 6.42. The summed E-state index contributed by atoms with van der Waals surface area (Å²) in [6.45, 7) is 5.90. The quantitative estimate of drug-likeness (QED) is 0.642. The Bertz CT molecular complexity index is 913. The van der Waals surface area contributed by atoms with Crippen LogP contribution in [0.5, 0.6) is 0 Å². The number of nitrogens with two attached hydrogens (primary N) is 1. The van der Waals surface area contributed by atoms with Gasteiger partial charge in [0.2, 0.25) is 5.43 Å². The second-order valence-corrected chi connectivity index (χ2v) is 8.08. The molecule has 0 spiro atoms. The van der Waals surface area contributed by atoms with Crippen molar-refractivity contribution in [3.05, 3.63) is 54.9 Å². The molecule has 146 valence electrons. The van der Waals surface area contributed by atoms with Gasteiger partial charge in [0.05, 0.1) is 4.47 Å². The first-order valence-electron chi connectivity index (χ1n) is 8.86. The first kappa shape index (κ1) is 21.6. The third-order valence-corrected chi connectivity index (χ3v) is 6.27. The maximum absolute atomic E-state index is 13.2. The van der Waals surface area contributed by atoms with Gasteiger partial charge in [0, 0.05) is 35.6 Å². The Hall–Kier alpha value is -1.73. The Kier molecular flexibility index (Phi) is 7.17. The van der Waals surface area contributed by atoms with Crippen LogP contribution < -0.4 is 16.5 Å². The Labute approximate surface area is 172 Å². The van der Waals surface area contributed by atoms with Gasteiger partial charge in [-0.15, -0.1) is 0 Å². The fraction of sp³-hybridized carbons (Fsp3) is 0.400. The number of hydrogen-bond acceptors (Lipinski definition) is 4. The van der Waals surface area contributed by atoms with E-state index < -0.39 is 0 Å². The van der Waals surface area contributed by atoms with Gasteiger partial charge in [-0.25, -0.2) is 0 Å². The zero-order valence-corrected chi connectivity index (χ0v) is 18.8. The van der Waals surface area contributed by atoms with E-state index in [1.807, 2.05) is 50.8 Å². The molecule has 0 aliphatic rings. The summed E-state index contributed by atoms with van der Waals surface area (Å²) in [6, 6.07) is 3.75. The standard InChI is InChI=1S/C20H26BrN3O2S/c1-6-12-8-14(22)9-13(7-2)18(12)23-20(26)16-15(10-27-5)24(4)11(3)17(21)19(16)25/h8-9H,6-7,10,22H2,1-5H3,(H,23,26). The zero-order valence-electron chi connectivity index (χ0n) is 16.4. The SMILES string of the molecule is CCc1cc(N)cc(CC)c1NC(=O)c1c(CSC)n(C)c(C)c(Br)c1=O. The Balaban J connectivity index is 2.63. The number of anilines is 2. The fourth-order valence-electron chi connectivity index (χ4n) is 3.15. The number of halogens is 1. The molecule has 2 rings (SSSR count). The summed E-state index contributed by atoms with van der Waals surface area (Å²) in [5.74, 6) is 0.195. The lowest BCUT2D eigenvalue weighted by atomic mass is 10.0. The molecule has 0 saturated heterocycles. The van der Waals surface area contributed by atoms with E-state index in [1.165, 1.54) is 0 Å². The Morgan fingerprint density at radius 1 is 1.26 bits per heavy atom. The summed E-state index contributed by atoms with van der Waals surface area (Å²) < 4.78 is 2.32. The second kappa shape index (κ2) is 8.97. The topological polar surface area (TPSA) is 77.1 Å². The number of benzene rings is 1. The number of aryl methyl sites for hydroxylation is 2. The number of carbonyl (C=O) groups is 1. The van der Waals surface area contributed by atoms with E-state index in [4.69, 9.17) is 5.73 Å². The van der Waals surface area contributed by atoms with Crippen molar-refractivity contribution in [1.29, 1.82) is 0 Å². The van der Waals surface area contributed by atoms with Crippen molar-refractivity contribution < 1.29 is 4.79 Å². The highest BCUT2D eigenvalue weighted by atomic mass is 79.9. The van der Waals surface area contributed by atoms with Gasteiger partial charge in [0.1, 0.15) is 5.56 Å². The fourth-order valence-corrected chi connectivity index (χ4v) is 4.23. The van der Waals surface area contributed by atoms with E-state index in [1.54, 1.807) is 11.8 Å². The van der Waals surface area contributed by atoms with Crippen LogP contribution in [0.1, 0.15) is 46.7 Å². The molecular weight excluding hydrogens is 426 g/mol. The molecule has 0 fully saturated rings. The van der Waals surface area contributed by atoms with Crippen LogP contribution in [-0.4, -0.2) is 16.7 Å². The zero-order chi connectivity index (χ0) is 20.3. The molecule has 7 heteroatoms. The van der Waals surface area contributed by atoms with E-state index in [2.05, 4.69) is 21.2 Å². The monoisotopic (exact) mass is 451 g/mol. The van der Waals surface area contributed by atoms with Crippen molar-refractivity contribution in [2.45, 2.75) is 39.4 Å². The van der Waals surface area contributed by atoms with Gasteiger partial charge in [0.25, 0.3) is 5.91 Å². The molecule has 1 heterocycles. The summed E-state index contributed by atoms with van der Waals surface area (Å²) in [5.41, 5.74) is 10.8. The van der Waals surface area contributed by atoms with Gasteiger partial charge in [0.15, 0.2) is 0 Å². The molecule has 1 amide bonds. The number of amides is 1. The minimum atomic E-state index is -0.380. The summed E-state index contributed by atoms with van der Waals surface area (Å²) >= 11 is 4.92. The molecule has 2 aromatic rings. The predicted molar refractivity (Wildman–Crippen MR) is 119 cm³/mol. The van der Waals surface area contributed by atoms with Gasteiger partial charge in [-0.2, -0.15) is 11.8 Å². The molecule has 0 bridgehead atoms. The smallest absolute Gasteiger partial charge is 0.261 e. The van der Waals surface area contributed by atoms with Crippen molar-refractivity contribution in [3.63, 3.8) is 0 Å². The highest BCUT2D eigenvalue weighted by Crippen LogP contribution is 2.27. The summed E-state index contributed by atoms with van der Waals surface area (Å²) in [4.78, 5) is 26.1. The van der Waals surface area contributed by atoms with E-state index in [0.29, 0.717) is 15.9 Å². The van der Waals surface area contributed by atoms with Crippen LogP contribution in [0.4, 0.5) is 11.4 Å². The third kappa shape index (κ3) is 4.24. The number of nitrogens with zero attached hydrogens (tertiary/aromatic N) is 1. The van der Waals surface area contributed by atoms with E-state index in [9.17, 15) is 9.59 Å². The summed E-state index contributed by atoms with van der Waals surface area (Å²) in [7, 11) is 1.88. The van der Waals surface area contributed by atoms with Gasteiger partial charge >= 0.3 is 0 Å². The number of nitrogens with one attached hydrogen (secondary N) is 1. The van der Waals surface area contributed by atoms with Gasteiger partial charge in [-0.05, 0) is 65.2 Å². The van der Waals surface area contributed by atoms with Crippen LogP contribution in [0.3, 0.4) is 0 Å². The number of nitrogen functional groups attached to an aromatic ring is 1. The van der Waals surface area contributed by atoms with Crippen LogP contribution >= 0.6 is 27.7 Å². The van der Waals surface area contributed by atoms with E-state index in [0.717, 1.165) is 41.0 Å². The van der Waals surface area contributed by atoms with Crippen molar-refractivity contribution in [2.75, 3.05) is 17.3 Å². The number of carbonyl (C=O) groups excluding carboxylic acids is 1. The molecule has 0 radical (unpaired) electrons. The van der Waals surface area contributed by atoms with Crippen molar-refractivity contribution in [1.82, 2.24) is 4.57 Å². The van der Waals surface area contributed by atoms with Crippen LogP contribution in [0, 0.1) is 6.92 Å². The highest BCUT2D eigenvalue weighted by molar-refractivity contribution is 9.10. The largest absolute Gasteiger partial charge is 0.399 e. The number of hydrogen-bond donors (Lipinski definition) is 2. The minimum absolute atomic E-state index is 0.185. The van der Waals surface area contributed by atoms with Crippen LogP contribution in [-0.2, 0) is 25.6 Å². The predicted octanol–water partition coefficient (Wildman–Crippen LogP) is 4.28. The Morgan fingerprint density at radius 2 is 1.81 bits per heavy atom. The average molecular weight is 452 g/mol. The third-order valence-electron chi connectivity index (χ3n) is 4.77. The number of thioether (sulfide) groups is 1. The van der Waals surface area contributed by atoms with Crippen LogP contribution in [0.25, 0.3) is 0 Å². The van der Waals surface area contributed by atoms with Gasteiger partial charge < -0.3 is 15.6 Å². The molecule has 0 saturated carbocycles. The summed E-state index contributed by atoms with van der Waals surface area (Å²) in [6.07, 6.45) is 3.43. The molecule has 0 aliphatic heterocycles. The normalized spacial score (nSPS) is 10.9. The maximum atomic E-state index is 13.2. The molecule has 27 heavy (non-hydrogen) atoms. The van der Waals surface area contributed by atoms with E-state index >= 15 is 0 Å². The lowest BCUT2D eigenvalue weighted by molar-refractivity contribution is 0.102.